The molecule has 0 atom stereocenters. The summed E-state index contributed by atoms with van der Waals surface area (Å²) in [6, 6.07) is 11.6. The zero-order valence-corrected chi connectivity index (χ0v) is 14.3. The van der Waals surface area contributed by atoms with Crippen LogP contribution >= 0.6 is 0 Å². The topological polar surface area (TPSA) is 75.7 Å². The minimum Gasteiger partial charge on any atom is -0.492 e. The zero-order valence-electron chi connectivity index (χ0n) is 13.4. The molecule has 0 spiro atoms. The molecule has 1 amide bonds. The standard InChI is InChI=1S/C17H18N2O4S/c1-3-23-15-6-4-5-7-16(15)24(21,22)18-13-8-9-14-12(10-13)11-17(20)19(14)2/h4-10,18H,3,11H2,1-2H3. The van der Waals surface area contributed by atoms with Crippen molar-refractivity contribution in [3.05, 3.63) is 48.0 Å². The molecule has 0 radical (unpaired) electrons. The van der Waals surface area contributed by atoms with Gasteiger partial charge in [-0.15, -0.1) is 0 Å². The highest BCUT2D eigenvalue weighted by molar-refractivity contribution is 7.92. The fourth-order valence-electron chi connectivity index (χ4n) is 2.69. The average molecular weight is 346 g/mol. The minimum atomic E-state index is -3.78. The lowest BCUT2D eigenvalue weighted by atomic mass is 10.1. The molecule has 0 aliphatic carbocycles. The lowest BCUT2D eigenvalue weighted by Gasteiger charge is -2.14. The Labute approximate surface area is 141 Å². The van der Waals surface area contributed by atoms with Crippen molar-refractivity contribution in [3.8, 4) is 5.75 Å². The van der Waals surface area contributed by atoms with E-state index in [0.29, 0.717) is 18.0 Å². The van der Waals surface area contributed by atoms with Gasteiger partial charge >= 0.3 is 0 Å². The number of para-hydroxylation sites is 1. The quantitative estimate of drug-likeness (QED) is 0.902. The lowest BCUT2D eigenvalue weighted by Crippen LogP contribution is -2.20. The average Bonchev–Trinajstić information content (AvgIpc) is 2.82. The van der Waals surface area contributed by atoms with E-state index < -0.39 is 10.0 Å². The van der Waals surface area contributed by atoms with E-state index >= 15 is 0 Å². The van der Waals surface area contributed by atoms with Gasteiger partial charge in [-0.1, -0.05) is 12.1 Å². The Balaban J connectivity index is 1.91. The van der Waals surface area contributed by atoms with E-state index in [1.54, 1.807) is 55.3 Å². The number of likely N-dealkylation sites (N-methyl/N-ethyl adjacent to an activating group) is 1. The second-order valence-electron chi connectivity index (χ2n) is 5.46. The second-order valence-corrected chi connectivity index (χ2v) is 7.11. The fourth-order valence-corrected chi connectivity index (χ4v) is 3.89. The van der Waals surface area contributed by atoms with Crippen LogP contribution in [-0.2, 0) is 21.2 Å². The third-order valence-corrected chi connectivity index (χ3v) is 5.27. The van der Waals surface area contributed by atoms with Crippen LogP contribution < -0.4 is 14.4 Å². The number of amides is 1. The number of benzene rings is 2. The van der Waals surface area contributed by atoms with Crippen LogP contribution in [0.25, 0.3) is 0 Å². The molecule has 6 nitrogen and oxygen atoms in total. The van der Waals surface area contributed by atoms with Crippen LogP contribution in [0.1, 0.15) is 12.5 Å². The molecule has 0 saturated carbocycles. The van der Waals surface area contributed by atoms with Gasteiger partial charge in [0.05, 0.1) is 13.0 Å². The molecule has 1 N–H and O–H groups in total. The smallest absolute Gasteiger partial charge is 0.265 e. The molecule has 2 aromatic rings. The molecule has 0 saturated heterocycles. The third-order valence-electron chi connectivity index (χ3n) is 3.85. The van der Waals surface area contributed by atoms with E-state index in [1.807, 2.05) is 0 Å². The molecule has 1 aliphatic rings. The molecule has 7 heteroatoms. The maximum atomic E-state index is 12.7. The molecule has 0 fully saturated rings. The molecule has 2 aromatic carbocycles. The van der Waals surface area contributed by atoms with Crippen molar-refractivity contribution in [1.82, 2.24) is 0 Å². The Morgan fingerprint density at radius 1 is 1.21 bits per heavy atom. The highest BCUT2D eigenvalue weighted by Crippen LogP contribution is 2.31. The van der Waals surface area contributed by atoms with Crippen molar-refractivity contribution in [2.45, 2.75) is 18.2 Å². The molecule has 0 aromatic heterocycles. The summed E-state index contributed by atoms with van der Waals surface area (Å²) in [5, 5.41) is 0. The van der Waals surface area contributed by atoms with Gasteiger partial charge in [0.1, 0.15) is 10.6 Å². The van der Waals surface area contributed by atoms with Gasteiger partial charge in [0, 0.05) is 18.4 Å². The number of sulfonamides is 1. The first-order valence-electron chi connectivity index (χ1n) is 7.56. The zero-order chi connectivity index (χ0) is 17.3. The molecule has 1 aliphatic heterocycles. The van der Waals surface area contributed by atoms with Crippen molar-refractivity contribution in [2.24, 2.45) is 0 Å². The summed E-state index contributed by atoms with van der Waals surface area (Å²) in [7, 11) is -2.08. The molecule has 1 heterocycles. The molecule has 0 unspecified atom stereocenters. The first kappa shape index (κ1) is 16.3. The van der Waals surface area contributed by atoms with Gasteiger partial charge in [-0.3, -0.25) is 9.52 Å². The van der Waals surface area contributed by atoms with E-state index in [0.717, 1.165) is 11.3 Å². The monoisotopic (exact) mass is 346 g/mol. The van der Waals surface area contributed by atoms with Crippen molar-refractivity contribution in [1.29, 1.82) is 0 Å². The number of fused-ring (bicyclic) bond motifs is 1. The highest BCUT2D eigenvalue weighted by Gasteiger charge is 2.25. The molecule has 3 rings (SSSR count). The van der Waals surface area contributed by atoms with Gasteiger partial charge in [0.25, 0.3) is 10.0 Å². The van der Waals surface area contributed by atoms with Crippen LogP contribution in [0.4, 0.5) is 11.4 Å². The number of hydrogen-bond acceptors (Lipinski definition) is 4. The Hall–Kier alpha value is -2.54. The predicted octanol–water partition coefficient (Wildman–Crippen LogP) is 2.41. The van der Waals surface area contributed by atoms with E-state index in [2.05, 4.69) is 4.72 Å². The molecular weight excluding hydrogens is 328 g/mol. The van der Waals surface area contributed by atoms with Crippen molar-refractivity contribution in [3.63, 3.8) is 0 Å². The van der Waals surface area contributed by atoms with Gasteiger partial charge in [-0.05, 0) is 42.8 Å². The van der Waals surface area contributed by atoms with Gasteiger partial charge in [-0.2, -0.15) is 0 Å². The molecule has 24 heavy (non-hydrogen) atoms. The van der Waals surface area contributed by atoms with Gasteiger partial charge in [-0.25, -0.2) is 8.42 Å². The first-order valence-corrected chi connectivity index (χ1v) is 9.05. The summed E-state index contributed by atoms with van der Waals surface area (Å²) >= 11 is 0. The fraction of sp³-hybridized carbons (Fsp3) is 0.235. The van der Waals surface area contributed by atoms with Crippen LogP contribution in [-0.4, -0.2) is 28.0 Å². The predicted molar refractivity (Wildman–Crippen MR) is 92.0 cm³/mol. The summed E-state index contributed by atoms with van der Waals surface area (Å²) in [5.74, 6) is 0.301. The summed E-state index contributed by atoms with van der Waals surface area (Å²) in [5.41, 5.74) is 2.03. The van der Waals surface area contributed by atoms with Crippen LogP contribution in [0.15, 0.2) is 47.4 Å². The van der Waals surface area contributed by atoms with Crippen LogP contribution in [0, 0.1) is 0 Å². The molecule has 0 bridgehead atoms. The number of carbonyl (C=O) groups is 1. The normalized spacial score (nSPS) is 13.8. The largest absolute Gasteiger partial charge is 0.492 e. The summed E-state index contributed by atoms with van der Waals surface area (Å²) in [6.07, 6.45) is 0.275. The third kappa shape index (κ3) is 2.94. The highest BCUT2D eigenvalue weighted by atomic mass is 32.2. The van der Waals surface area contributed by atoms with Crippen LogP contribution in [0.3, 0.4) is 0 Å². The Bertz CT molecular complexity index is 893. The Morgan fingerprint density at radius 3 is 2.71 bits per heavy atom. The van der Waals surface area contributed by atoms with Crippen LogP contribution in [0.5, 0.6) is 5.75 Å². The number of nitrogens with one attached hydrogen (secondary N) is 1. The Kier molecular flexibility index (Phi) is 4.19. The summed E-state index contributed by atoms with van der Waals surface area (Å²) in [6.45, 7) is 2.17. The number of anilines is 2. The maximum Gasteiger partial charge on any atom is 0.265 e. The second kappa shape index (κ2) is 6.16. The summed E-state index contributed by atoms with van der Waals surface area (Å²) < 4.78 is 33.3. The van der Waals surface area contributed by atoms with Gasteiger partial charge in [0.15, 0.2) is 0 Å². The first-order chi connectivity index (χ1) is 11.4. The van der Waals surface area contributed by atoms with Crippen molar-refractivity contribution >= 4 is 27.3 Å². The summed E-state index contributed by atoms with van der Waals surface area (Å²) in [4.78, 5) is 13.4. The molecular formula is C17H18N2O4S. The number of ether oxygens (including phenoxy) is 1. The maximum absolute atomic E-state index is 12.7. The number of hydrogen-bond donors (Lipinski definition) is 1. The van der Waals surface area contributed by atoms with E-state index in [4.69, 9.17) is 4.74 Å². The Morgan fingerprint density at radius 2 is 1.96 bits per heavy atom. The minimum absolute atomic E-state index is 0.00769. The van der Waals surface area contributed by atoms with Crippen molar-refractivity contribution < 1.29 is 17.9 Å². The van der Waals surface area contributed by atoms with E-state index in [1.165, 1.54) is 6.07 Å². The number of nitrogens with zero attached hydrogens (tertiary/aromatic N) is 1. The van der Waals surface area contributed by atoms with E-state index in [9.17, 15) is 13.2 Å². The van der Waals surface area contributed by atoms with E-state index in [-0.39, 0.29) is 17.2 Å². The van der Waals surface area contributed by atoms with Crippen LogP contribution in [0.2, 0.25) is 0 Å². The molecule has 126 valence electrons. The van der Waals surface area contributed by atoms with Gasteiger partial charge < -0.3 is 9.64 Å². The number of rotatable bonds is 5. The number of carbonyl (C=O) groups excluding carboxylic acids is 1. The SMILES string of the molecule is CCOc1ccccc1S(=O)(=O)Nc1ccc2c(c1)CC(=O)N2C. The lowest BCUT2D eigenvalue weighted by molar-refractivity contribution is -0.117. The van der Waals surface area contributed by atoms with Gasteiger partial charge in [0.2, 0.25) is 5.91 Å². The van der Waals surface area contributed by atoms with Crippen molar-refractivity contribution in [2.75, 3.05) is 23.3 Å².